The molecule has 0 aromatic heterocycles. The molecule has 0 aliphatic heterocycles. The molecular weight excluding hydrogens is 930 g/mol. The van der Waals surface area contributed by atoms with E-state index in [2.05, 4.69) is 25.4 Å². The summed E-state index contributed by atoms with van der Waals surface area (Å²) in [4.78, 5) is 118. The molecule has 3 rings (SSSR count). The Hall–Kier alpha value is -7.66. The van der Waals surface area contributed by atoms with E-state index in [1.807, 2.05) is 5.32 Å². The molecule has 0 saturated heterocycles. The summed E-state index contributed by atoms with van der Waals surface area (Å²) in [5.74, 6) is -23.4. The second-order valence-corrected chi connectivity index (χ2v) is 15.9. The van der Waals surface area contributed by atoms with E-state index < -0.39 is 150 Å². The van der Waals surface area contributed by atoms with Gasteiger partial charge in [-0.1, -0.05) is 60.7 Å². The third kappa shape index (κ3) is 17.8. The number of esters is 4. The Bertz CT molecular complexity index is 2330. The highest BCUT2D eigenvalue weighted by atomic mass is 19.2. The molecule has 3 aromatic carbocycles. The van der Waals surface area contributed by atoms with Gasteiger partial charge in [0.05, 0.1) is 33.6 Å². The van der Waals surface area contributed by atoms with Gasteiger partial charge in [0.25, 0.3) is 0 Å². The summed E-state index contributed by atoms with van der Waals surface area (Å²) in [7, 11) is 2.91. The molecule has 4 atom stereocenters. The number of nitrogens with zero attached hydrogens (tertiary/aromatic N) is 1. The van der Waals surface area contributed by atoms with E-state index >= 15 is 0 Å². The Kier molecular flexibility index (Phi) is 21.0. The highest BCUT2D eigenvalue weighted by molar-refractivity contribution is 5.94. The van der Waals surface area contributed by atoms with Crippen LogP contribution in [0, 0.1) is 29.1 Å². The Morgan fingerprint density at radius 1 is 0.609 bits per heavy atom. The van der Waals surface area contributed by atoms with Gasteiger partial charge in [-0.2, -0.15) is 8.78 Å². The molecule has 3 aromatic rings. The van der Waals surface area contributed by atoms with Crippen LogP contribution in [0.25, 0.3) is 0 Å². The molecule has 69 heavy (non-hydrogen) atoms. The number of ether oxygens (including phenoxy) is 5. The average molecular weight is 980 g/mol. The van der Waals surface area contributed by atoms with Crippen LogP contribution in [0.2, 0.25) is 0 Å². The Morgan fingerprint density at radius 2 is 1.12 bits per heavy atom. The van der Waals surface area contributed by atoms with Crippen LogP contribution in [0.5, 0.6) is 5.75 Å². The lowest BCUT2D eigenvalue weighted by molar-refractivity contribution is -0.151. The molecule has 374 valence electrons. The van der Waals surface area contributed by atoms with Crippen LogP contribution in [0.1, 0.15) is 57.6 Å². The molecule has 0 aliphatic carbocycles. The van der Waals surface area contributed by atoms with Gasteiger partial charge in [0.15, 0.2) is 0 Å². The van der Waals surface area contributed by atoms with Crippen molar-refractivity contribution in [2.75, 3.05) is 27.8 Å². The number of rotatable bonds is 22. The first-order valence-electron chi connectivity index (χ1n) is 20.7. The molecule has 0 bridgehead atoms. The number of likely N-dealkylation sites (N-methyl/N-ethyl adjacent to an activating group) is 1. The second kappa shape index (κ2) is 26.0. The van der Waals surface area contributed by atoms with Crippen molar-refractivity contribution >= 4 is 53.6 Å². The van der Waals surface area contributed by atoms with E-state index in [-0.39, 0.29) is 13.0 Å². The van der Waals surface area contributed by atoms with Crippen molar-refractivity contribution < 1.29 is 88.8 Å². The number of alkyl carbamates (subject to hydrolysis) is 1. The van der Waals surface area contributed by atoms with E-state index in [4.69, 9.17) is 14.2 Å². The van der Waals surface area contributed by atoms with Crippen molar-refractivity contribution in [2.24, 2.45) is 0 Å². The average Bonchev–Trinajstić information content (AvgIpc) is 3.30. The minimum Gasteiger partial charge on any atom is -0.467 e. The van der Waals surface area contributed by atoms with Crippen LogP contribution in [-0.2, 0) is 70.3 Å². The zero-order valence-corrected chi connectivity index (χ0v) is 38.1. The summed E-state index contributed by atoms with van der Waals surface area (Å²) in [5, 5.41) is 9.28. The topological polar surface area (TPSA) is 251 Å². The maximum atomic E-state index is 14.1. The largest absolute Gasteiger partial charge is 0.467 e. The third-order valence-electron chi connectivity index (χ3n) is 9.36. The third-order valence-corrected chi connectivity index (χ3v) is 9.36. The summed E-state index contributed by atoms with van der Waals surface area (Å²) in [5.41, 5.74) is 0.227. The van der Waals surface area contributed by atoms with E-state index in [9.17, 15) is 65.1 Å². The molecule has 0 fully saturated rings. The Labute approximate surface area is 391 Å². The first kappa shape index (κ1) is 55.7. The molecular formula is C45H50F5N5O14. The van der Waals surface area contributed by atoms with E-state index in [0.29, 0.717) is 11.1 Å². The number of nitrogens with one attached hydrogen (secondary N) is 4. The van der Waals surface area contributed by atoms with Gasteiger partial charge in [0.2, 0.25) is 58.5 Å². The van der Waals surface area contributed by atoms with Crippen molar-refractivity contribution in [3.05, 3.63) is 101 Å². The van der Waals surface area contributed by atoms with Crippen LogP contribution >= 0.6 is 0 Å². The zero-order chi connectivity index (χ0) is 51.6. The standard InChI is InChI=1S/C45H50F5N5O14/c1-45(2,3)69-44(64)54-27(19-24-13-9-7-10-14-24)40(60)53-28(43(63)67-23-25-15-11-8-12-16-25)20-30(56)51-26(41(61)65-5)17-18-32(58)55(4)22-31(57)52-29(42(62)66-6)21-33(59)68-39-37(49)35(47)34(46)36(48)38(39)50/h7-16,26-29H,17-23H2,1-6H3,(H,51,56)(H,52,57)(H,53,60)(H,54,64)/t26-,27-,28-,29-/m0/s1. The van der Waals surface area contributed by atoms with Gasteiger partial charge in [0.1, 0.15) is 36.4 Å². The summed E-state index contributed by atoms with van der Waals surface area (Å²) in [6, 6.07) is 10.3. The zero-order valence-electron chi connectivity index (χ0n) is 38.1. The molecule has 0 saturated carbocycles. The molecule has 5 amide bonds. The summed E-state index contributed by atoms with van der Waals surface area (Å²) in [6.07, 6.45) is -4.13. The maximum absolute atomic E-state index is 14.1. The van der Waals surface area contributed by atoms with Crippen molar-refractivity contribution in [3.63, 3.8) is 0 Å². The molecule has 19 nitrogen and oxygen atoms in total. The molecule has 0 unspecified atom stereocenters. The van der Waals surface area contributed by atoms with Gasteiger partial charge in [-0.3, -0.25) is 24.0 Å². The highest BCUT2D eigenvalue weighted by Crippen LogP contribution is 2.29. The molecule has 4 N–H and O–H groups in total. The quantitative estimate of drug-likeness (QED) is 0.0282. The fraction of sp³-hybridized carbons (Fsp3) is 0.400. The minimum absolute atomic E-state index is 0.0745. The van der Waals surface area contributed by atoms with Crippen LogP contribution in [0.3, 0.4) is 0 Å². The fourth-order valence-electron chi connectivity index (χ4n) is 5.97. The van der Waals surface area contributed by atoms with Gasteiger partial charge < -0.3 is 49.9 Å². The summed E-state index contributed by atoms with van der Waals surface area (Å²) < 4.78 is 93.0. The lowest BCUT2D eigenvalue weighted by Gasteiger charge is -2.25. The highest BCUT2D eigenvalue weighted by Gasteiger charge is 2.34. The van der Waals surface area contributed by atoms with Crippen molar-refractivity contribution in [1.29, 1.82) is 0 Å². The van der Waals surface area contributed by atoms with Gasteiger partial charge >= 0.3 is 30.0 Å². The summed E-state index contributed by atoms with van der Waals surface area (Å²) in [6.45, 7) is 3.72. The number of carbonyl (C=O) groups excluding carboxylic acids is 9. The Morgan fingerprint density at radius 3 is 1.67 bits per heavy atom. The predicted molar refractivity (Wildman–Crippen MR) is 227 cm³/mol. The van der Waals surface area contributed by atoms with Gasteiger partial charge in [-0.05, 0) is 38.3 Å². The van der Waals surface area contributed by atoms with Crippen LogP contribution in [0.4, 0.5) is 26.7 Å². The lowest BCUT2D eigenvalue weighted by Crippen LogP contribution is -2.54. The van der Waals surface area contributed by atoms with Crippen molar-refractivity contribution in [2.45, 2.75) is 89.3 Å². The Balaban J connectivity index is 1.71. The number of hydrogen-bond acceptors (Lipinski definition) is 14. The normalized spacial score (nSPS) is 12.7. The summed E-state index contributed by atoms with van der Waals surface area (Å²) >= 11 is 0. The van der Waals surface area contributed by atoms with Crippen molar-refractivity contribution in [3.8, 4) is 5.75 Å². The lowest BCUT2D eigenvalue weighted by atomic mass is 10.0. The first-order chi connectivity index (χ1) is 32.4. The van der Waals surface area contributed by atoms with Gasteiger partial charge in [0, 0.05) is 19.9 Å². The monoisotopic (exact) mass is 979 g/mol. The van der Waals surface area contributed by atoms with Crippen molar-refractivity contribution in [1.82, 2.24) is 26.2 Å². The van der Waals surface area contributed by atoms with E-state index in [0.717, 1.165) is 26.2 Å². The number of hydrogen-bond donors (Lipinski definition) is 4. The molecule has 0 radical (unpaired) electrons. The molecule has 0 heterocycles. The SMILES string of the molecule is COC(=O)[C@H](CCC(=O)N(C)CC(=O)N[C@@H](CC(=O)Oc1c(F)c(F)c(F)c(F)c1F)C(=O)OC)NC(=O)C[C@H](NC(=O)[C@H](Cc1ccccc1)NC(=O)OC(C)(C)C)C(=O)OCc1ccccc1. The van der Waals surface area contributed by atoms with Gasteiger partial charge in [-0.25, -0.2) is 32.3 Å². The van der Waals surface area contributed by atoms with Crippen LogP contribution in [0.15, 0.2) is 60.7 Å². The number of methoxy groups -OCH3 is 2. The smallest absolute Gasteiger partial charge is 0.408 e. The fourth-order valence-corrected chi connectivity index (χ4v) is 5.97. The second-order valence-electron chi connectivity index (χ2n) is 15.9. The number of benzene rings is 3. The van der Waals surface area contributed by atoms with Gasteiger partial charge in [-0.15, -0.1) is 0 Å². The number of halogens is 5. The predicted octanol–water partition coefficient (Wildman–Crippen LogP) is 2.99. The molecule has 24 heteroatoms. The minimum atomic E-state index is -2.53. The van der Waals surface area contributed by atoms with E-state index in [1.54, 1.807) is 81.4 Å². The van der Waals surface area contributed by atoms with Crippen LogP contribution < -0.4 is 26.0 Å². The molecule has 0 aliphatic rings. The number of amides is 5. The first-order valence-corrected chi connectivity index (χ1v) is 20.7. The van der Waals surface area contributed by atoms with Crippen LogP contribution in [-0.4, -0.2) is 116 Å². The molecule has 0 spiro atoms. The maximum Gasteiger partial charge on any atom is 0.408 e. The number of carbonyl (C=O) groups is 9. The van der Waals surface area contributed by atoms with E-state index in [1.165, 1.54) is 0 Å².